The van der Waals surface area contributed by atoms with Gasteiger partial charge in [-0.05, 0) is 108 Å². The second-order valence-electron chi connectivity index (χ2n) is 17.0. The Kier molecular flexibility index (Phi) is 16.3. The number of hydrogen-bond donors (Lipinski definition) is 2. The Labute approximate surface area is 333 Å². The molecule has 3 heterocycles. The molecule has 1 saturated carbocycles. The predicted molar refractivity (Wildman–Crippen MR) is 210 cm³/mol. The fraction of sp³-hybridized carbons (Fsp3) is 0.767. The van der Waals surface area contributed by atoms with Crippen LogP contribution in [-0.4, -0.2) is 107 Å². The third-order valence-corrected chi connectivity index (χ3v) is 12.8. The van der Waals surface area contributed by atoms with E-state index in [4.69, 9.17) is 30.5 Å². The Morgan fingerprint density at radius 1 is 1.05 bits per heavy atom. The summed E-state index contributed by atoms with van der Waals surface area (Å²) in [4.78, 5) is 56.8. The standard InChI is InChI=1S/C43H66ClNO10/c1-9-13-31-21-26(2)20-27(3)22-35(52-7)38-36(53-8)23-30(6)43(51,55-38)39(48)40(49)45-19-11-10-15-33(45)41(50)54-37(28(4)16-17-34(31)47)29(5)24-42(44)18-12-14-32(46)25-42/h9,21,24,27-28,30-33,35-38,46,51H,1,10-20,22-23,25H2,2-8H3. The molecule has 4 aliphatic rings. The molecule has 11 nitrogen and oxygen atoms in total. The number of fused-ring (bicyclic) bond motifs is 3. The first kappa shape index (κ1) is 45.3. The minimum absolute atomic E-state index is 0.0592. The van der Waals surface area contributed by atoms with Crippen LogP contribution < -0.4 is 0 Å². The van der Waals surface area contributed by atoms with E-state index in [1.807, 2.05) is 32.9 Å². The summed E-state index contributed by atoms with van der Waals surface area (Å²) >= 11 is 7.05. The van der Waals surface area contributed by atoms with Gasteiger partial charge in [-0.2, -0.15) is 0 Å². The molecule has 12 heteroatoms. The third-order valence-electron chi connectivity index (χ3n) is 12.3. The van der Waals surface area contributed by atoms with Gasteiger partial charge in [-0.3, -0.25) is 14.4 Å². The number of methoxy groups -OCH3 is 2. The maximum atomic E-state index is 14.3. The van der Waals surface area contributed by atoms with Gasteiger partial charge in [0.2, 0.25) is 5.79 Å². The second kappa shape index (κ2) is 19.8. The average Bonchev–Trinajstić information content (AvgIpc) is 3.14. The fourth-order valence-corrected chi connectivity index (χ4v) is 9.75. The van der Waals surface area contributed by atoms with Gasteiger partial charge in [-0.1, -0.05) is 44.6 Å². The summed E-state index contributed by atoms with van der Waals surface area (Å²) in [7, 11) is 3.08. The first-order valence-corrected chi connectivity index (χ1v) is 20.7. The Hall–Kier alpha value is -2.41. The lowest BCUT2D eigenvalue weighted by Gasteiger charge is -2.47. The number of allylic oxidation sites excluding steroid dienone is 4. The monoisotopic (exact) mass is 791 g/mol. The quantitative estimate of drug-likeness (QED) is 0.134. The Bertz CT molecular complexity index is 1450. The SMILES string of the molecule is C=CCC1C=C(C)CC(C)CC(OC)C2OC(O)(C(=O)C(=O)N3CCCCC3C(=O)OC(C(C)=CC3(Cl)CCCC(O)C3)C(C)CCC1=O)C(C)CC2OC. The highest BCUT2D eigenvalue weighted by Crippen LogP contribution is 2.40. The van der Waals surface area contributed by atoms with E-state index < -0.39 is 70.8 Å². The summed E-state index contributed by atoms with van der Waals surface area (Å²) in [5.74, 6) is -6.68. The fourth-order valence-electron chi connectivity index (χ4n) is 9.26. The van der Waals surface area contributed by atoms with E-state index in [1.165, 1.54) is 12.0 Å². The zero-order chi connectivity index (χ0) is 40.7. The molecule has 2 bridgehead atoms. The average molecular weight is 792 g/mol. The molecule has 0 aromatic carbocycles. The van der Waals surface area contributed by atoms with Crippen LogP contribution in [0.2, 0.25) is 0 Å². The molecule has 3 aliphatic heterocycles. The first-order valence-electron chi connectivity index (χ1n) is 20.4. The molecule has 2 saturated heterocycles. The van der Waals surface area contributed by atoms with Crippen LogP contribution in [0.15, 0.2) is 36.0 Å². The van der Waals surface area contributed by atoms with Crippen LogP contribution in [0.5, 0.6) is 0 Å². The van der Waals surface area contributed by atoms with E-state index in [0.717, 1.165) is 12.0 Å². The smallest absolute Gasteiger partial charge is 0.329 e. The highest BCUT2D eigenvalue weighted by atomic mass is 35.5. The van der Waals surface area contributed by atoms with Crippen molar-refractivity contribution < 1.29 is 48.3 Å². The van der Waals surface area contributed by atoms with Gasteiger partial charge in [-0.25, -0.2) is 4.79 Å². The molecule has 55 heavy (non-hydrogen) atoms. The van der Waals surface area contributed by atoms with Crippen molar-refractivity contribution in [1.29, 1.82) is 0 Å². The zero-order valence-electron chi connectivity index (χ0n) is 34.1. The number of alkyl halides is 1. The van der Waals surface area contributed by atoms with Gasteiger partial charge in [0.05, 0.1) is 23.2 Å². The number of nitrogens with zero attached hydrogens (tertiary/aromatic N) is 1. The van der Waals surface area contributed by atoms with Gasteiger partial charge in [0, 0.05) is 39.0 Å². The van der Waals surface area contributed by atoms with Crippen LogP contribution in [0.1, 0.15) is 118 Å². The summed E-state index contributed by atoms with van der Waals surface area (Å²) in [5, 5.41) is 22.5. The van der Waals surface area contributed by atoms with Gasteiger partial charge < -0.3 is 34.1 Å². The Morgan fingerprint density at radius 2 is 1.75 bits per heavy atom. The number of aliphatic hydroxyl groups excluding tert-OH is 1. The number of carbonyl (C=O) groups is 4. The van der Waals surface area contributed by atoms with Crippen molar-refractivity contribution in [2.45, 2.75) is 165 Å². The van der Waals surface area contributed by atoms with E-state index in [-0.39, 0.29) is 49.3 Å². The number of rotatable bonds is 6. The molecule has 0 radical (unpaired) electrons. The van der Waals surface area contributed by atoms with E-state index in [2.05, 4.69) is 13.5 Å². The number of Topliss-reactive ketones (excluding diaryl/α,β-unsaturated/α-hetero) is 2. The third kappa shape index (κ3) is 11.2. The van der Waals surface area contributed by atoms with Gasteiger partial charge in [0.15, 0.2) is 0 Å². The van der Waals surface area contributed by atoms with Crippen molar-refractivity contribution in [1.82, 2.24) is 4.90 Å². The summed E-state index contributed by atoms with van der Waals surface area (Å²) in [6, 6.07) is -1.08. The maximum Gasteiger partial charge on any atom is 0.329 e. The normalized spacial score (nSPS) is 39.7. The van der Waals surface area contributed by atoms with Gasteiger partial charge in [0.1, 0.15) is 24.0 Å². The van der Waals surface area contributed by atoms with Crippen LogP contribution in [0, 0.1) is 23.7 Å². The van der Waals surface area contributed by atoms with Gasteiger partial charge in [0.25, 0.3) is 11.7 Å². The molecule has 310 valence electrons. The number of hydrogen-bond acceptors (Lipinski definition) is 10. The summed E-state index contributed by atoms with van der Waals surface area (Å²) in [5.41, 5.74) is 1.72. The summed E-state index contributed by atoms with van der Waals surface area (Å²) in [6.07, 6.45) is 8.73. The largest absolute Gasteiger partial charge is 0.456 e. The van der Waals surface area contributed by atoms with E-state index in [1.54, 1.807) is 20.1 Å². The number of aliphatic hydroxyl groups is 2. The highest BCUT2D eigenvalue weighted by Gasteiger charge is 2.56. The van der Waals surface area contributed by atoms with Crippen LogP contribution in [0.25, 0.3) is 0 Å². The minimum atomic E-state index is -2.48. The molecule has 1 amide bonds. The van der Waals surface area contributed by atoms with E-state index in [0.29, 0.717) is 63.4 Å². The highest BCUT2D eigenvalue weighted by molar-refractivity contribution is 6.39. The lowest BCUT2D eigenvalue weighted by atomic mass is 9.82. The predicted octanol–water partition coefficient (Wildman–Crippen LogP) is 6.40. The number of cyclic esters (lactones) is 1. The first-order chi connectivity index (χ1) is 26.0. The van der Waals surface area contributed by atoms with Crippen molar-refractivity contribution in [2.24, 2.45) is 23.7 Å². The maximum absolute atomic E-state index is 14.3. The van der Waals surface area contributed by atoms with Crippen LogP contribution in [0.3, 0.4) is 0 Å². The van der Waals surface area contributed by atoms with Crippen LogP contribution in [-0.2, 0) is 38.1 Å². The van der Waals surface area contributed by atoms with E-state index >= 15 is 0 Å². The van der Waals surface area contributed by atoms with Crippen LogP contribution >= 0.6 is 11.6 Å². The number of carbonyl (C=O) groups excluding carboxylic acids is 4. The van der Waals surface area contributed by atoms with Crippen LogP contribution in [0.4, 0.5) is 0 Å². The van der Waals surface area contributed by atoms with E-state index in [9.17, 15) is 29.4 Å². The van der Waals surface area contributed by atoms with Crippen molar-refractivity contribution in [3.63, 3.8) is 0 Å². The Morgan fingerprint density at radius 3 is 2.40 bits per heavy atom. The second-order valence-corrected chi connectivity index (χ2v) is 17.8. The number of ketones is 2. The van der Waals surface area contributed by atoms with Gasteiger partial charge in [-0.15, -0.1) is 18.2 Å². The van der Waals surface area contributed by atoms with Crippen molar-refractivity contribution in [3.05, 3.63) is 36.0 Å². The molecule has 0 spiro atoms. The molecule has 12 unspecified atom stereocenters. The molecule has 12 atom stereocenters. The Balaban J connectivity index is 1.77. The lowest BCUT2D eigenvalue weighted by molar-refractivity contribution is -0.302. The van der Waals surface area contributed by atoms with Crippen molar-refractivity contribution in [3.8, 4) is 0 Å². The molecule has 4 rings (SSSR count). The summed E-state index contributed by atoms with van der Waals surface area (Å²) in [6.45, 7) is 13.5. The number of piperidine rings is 1. The zero-order valence-corrected chi connectivity index (χ0v) is 34.9. The number of ether oxygens (including phenoxy) is 4. The van der Waals surface area contributed by atoms with Gasteiger partial charge >= 0.3 is 5.97 Å². The number of amides is 1. The number of halogens is 1. The molecule has 0 aromatic rings. The van der Waals surface area contributed by atoms with Crippen molar-refractivity contribution >= 4 is 35.0 Å². The molecule has 3 fully saturated rings. The minimum Gasteiger partial charge on any atom is -0.456 e. The van der Waals surface area contributed by atoms with Crippen molar-refractivity contribution in [2.75, 3.05) is 20.8 Å². The molecule has 2 N–H and O–H groups in total. The molecular formula is C43H66ClNO10. The molecule has 1 aliphatic carbocycles. The topological polar surface area (TPSA) is 149 Å². The molecular weight excluding hydrogens is 726 g/mol. The summed E-state index contributed by atoms with van der Waals surface area (Å²) < 4.78 is 24.3. The number of esters is 1. The molecule has 0 aromatic heterocycles. The lowest BCUT2D eigenvalue weighted by Crippen LogP contribution is -2.64.